The van der Waals surface area contributed by atoms with Crippen molar-refractivity contribution in [3.8, 4) is 11.5 Å². The molecule has 4 aromatic rings. The Bertz CT molecular complexity index is 1420. The topological polar surface area (TPSA) is 95.1 Å². The number of nitrogens with one attached hydrogen (secondary N) is 1. The van der Waals surface area contributed by atoms with Gasteiger partial charge in [-0.25, -0.2) is 0 Å². The molecule has 3 N–H and O–H groups in total. The van der Waals surface area contributed by atoms with E-state index in [1.54, 1.807) is 30.3 Å². The highest BCUT2D eigenvalue weighted by Gasteiger charge is 2.22. The summed E-state index contributed by atoms with van der Waals surface area (Å²) in [6.07, 6.45) is 1.41. The summed E-state index contributed by atoms with van der Waals surface area (Å²) in [5.74, 6) is -1.20. The summed E-state index contributed by atoms with van der Waals surface area (Å²) >= 11 is 24.0. The molecule has 0 aliphatic rings. The van der Waals surface area contributed by atoms with Gasteiger partial charge in [-0.2, -0.15) is 5.10 Å². The highest BCUT2D eigenvalue weighted by Crippen LogP contribution is 2.45. The van der Waals surface area contributed by atoms with Crippen molar-refractivity contribution in [3.63, 3.8) is 0 Å². The van der Waals surface area contributed by atoms with Gasteiger partial charge in [0.1, 0.15) is 21.0 Å². The third kappa shape index (κ3) is 3.42. The predicted molar refractivity (Wildman–Crippen MR) is 121 cm³/mol. The normalized spacial score (nSPS) is 11.6. The van der Waals surface area contributed by atoms with Crippen LogP contribution in [0.3, 0.4) is 0 Å². The molecule has 1 heterocycles. The number of phenolic OH excluding ortho intramolecular Hbond substituents is 2. The average molecular weight is 484 g/mol. The van der Waals surface area contributed by atoms with Gasteiger partial charge in [-0.3, -0.25) is 10.2 Å². The van der Waals surface area contributed by atoms with Crippen LogP contribution < -0.4 is 10.9 Å². The lowest BCUT2D eigenvalue weighted by molar-refractivity contribution is 0.453. The van der Waals surface area contributed by atoms with E-state index in [1.807, 2.05) is 0 Å². The molecule has 0 saturated heterocycles. The second-order valence-electron chi connectivity index (χ2n) is 6.18. The van der Waals surface area contributed by atoms with Crippen LogP contribution in [0.15, 0.2) is 50.7 Å². The van der Waals surface area contributed by atoms with E-state index < -0.39 is 22.0 Å². The molecule has 0 unspecified atom stereocenters. The van der Waals surface area contributed by atoms with Crippen LogP contribution in [-0.2, 0) is 0 Å². The fraction of sp³-hybridized carbons (Fsp3) is 0. The van der Waals surface area contributed by atoms with Crippen LogP contribution in [0.4, 0.5) is 5.69 Å². The number of benzene rings is 3. The largest absolute Gasteiger partial charge is 0.505 e. The molecule has 0 aliphatic carbocycles. The number of halogens is 4. The molecule has 0 amide bonds. The smallest absolute Gasteiger partial charge is 0.204 e. The van der Waals surface area contributed by atoms with Gasteiger partial charge in [0.05, 0.1) is 22.3 Å². The molecule has 10 heteroatoms. The van der Waals surface area contributed by atoms with Gasteiger partial charge in [0.15, 0.2) is 17.1 Å². The minimum atomic E-state index is -0.611. The highest BCUT2D eigenvalue weighted by molar-refractivity contribution is 6.42. The maximum absolute atomic E-state index is 12.9. The van der Waals surface area contributed by atoms with Crippen LogP contribution in [0, 0.1) is 0 Å². The molecular weight excluding hydrogens is 474 g/mol. The lowest BCUT2D eigenvalue weighted by atomic mass is 10.1. The van der Waals surface area contributed by atoms with Crippen molar-refractivity contribution in [2.75, 3.05) is 5.43 Å². The molecule has 6 nitrogen and oxygen atoms in total. The zero-order chi connectivity index (χ0) is 21.6. The molecule has 0 fully saturated rings. The number of para-hydroxylation sites is 1. The molecule has 0 bridgehead atoms. The molecule has 30 heavy (non-hydrogen) atoms. The van der Waals surface area contributed by atoms with Crippen molar-refractivity contribution in [1.29, 1.82) is 0 Å². The van der Waals surface area contributed by atoms with Crippen molar-refractivity contribution in [3.05, 3.63) is 72.3 Å². The minimum Gasteiger partial charge on any atom is -0.505 e. The van der Waals surface area contributed by atoms with E-state index in [1.165, 1.54) is 12.3 Å². The van der Waals surface area contributed by atoms with Gasteiger partial charge in [-0.15, -0.1) is 0 Å². The summed E-state index contributed by atoms with van der Waals surface area (Å²) < 4.78 is 5.77. The van der Waals surface area contributed by atoms with Crippen molar-refractivity contribution in [2.45, 2.75) is 0 Å². The molecule has 3 aromatic carbocycles. The number of nitrogens with zero attached hydrogens (tertiary/aromatic N) is 1. The van der Waals surface area contributed by atoms with Gasteiger partial charge in [-0.05, 0) is 30.3 Å². The third-order valence-corrected chi connectivity index (χ3v) is 5.60. The molecular formula is C20H10Cl4N2O4. The van der Waals surface area contributed by atoms with Crippen molar-refractivity contribution in [2.24, 2.45) is 5.10 Å². The summed E-state index contributed by atoms with van der Waals surface area (Å²) in [4.78, 5) is 12.9. The van der Waals surface area contributed by atoms with Gasteiger partial charge < -0.3 is 14.6 Å². The van der Waals surface area contributed by atoms with Crippen molar-refractivity contribution in [1.82, 2.24) is 0 Å². The van der Waals surface area contributed by atoms with E-state index in [0.29, 0.717) is 21.3 Å². The fourth-order valence-electron chi connectivity index (χ4n) is 2.89. The van der Waals surface area contributed by atoms with Crippen LogP contribution in [0.1, 0.15) is 5.56 Å². The SMILES string of the molecule is O=c1c2cccc(/C=N/Nc3cc(Cl)ccc3Cl)c2oc2c(Cl)c(O)c(Cl)c(O)c12. The lowest BCUT2D eigenvalue weighted by Gasteiger charge is -2.09. The number of hydrogen-bond donors (Lipinski definition) is 3. The second kappa shape index (κ2) is 7.89. The number of fused-ring (bicyclic) bond motifs is 2. The van der Waals surface area contributed by atoms with Crippen LogP contribution in [0.25, 0.3) is 21.9 Å². The maximum Gasteiger partial charge on any atom is 0.204 e. The number of rotatable bonds is 3. The number of aromatic hydroxyl groups is 2. The molecule has 0 saturated carbocycles. The molecule has 0 atom stereocenters. The van der Waals surface area contributed by atoms with E-state index in [-0.39, 0.29) is 27.0 Å². The quantitative estimate of drug-likeness (QED) is 0.177. The van der Waals surface area contributed by atoms with E-state index in [9.17, 15) is 15.0 Å². The predicted octanol–water partition coefficient (Wildman–Crippen LogP) is 6.42. The van der Waals surface area contributed by atoms with Gasteiger partial charge in [0, 0.05) is 10.6 Å². The summed E-state index contributed by atoms with van der Waals surface area (Å²) in [7, 11) is 0. The Morgan fingerprint density at radius 2 is 1.73 bits per heavy atom. The third-order valence-electron chi connectivity index (χ3n) is 4.33. The Morgan fingerprint density at radius 3 is 2.50 bits per heavy atom. The van der Waals surface area contributed by atoms with Gasteiger partial charge >= 0.3 is 0 Å². The number of anilines is 1. The lowest BCUT2D eigenvalue weighted by Crippen LogP contribution is -2.04. The van der Waals surface area contributed by atoms with Crippen LogP contribution in [0.2, 0.25) is 20.1 Å². The first-order valence-corrected chi connectivity index (χ1v) is 9.83. The number of phenols is 2. The first kappa shape index (κ1) is 20.6. The van der Waals surface area contributed by atoms with E-state index in [0.717, 1.165) is 0 Å². The monoisotopic (exact) mass is 482 g/mol. The Kier molecular flexibility index (Phi) is 5.42. The zero-order valence-electron chi connectivity index (χ0n) is 14.7. The Hall–Kier alpha value is -2.64. The van der Waals surface area contributed by atoms with E-state index in [4.69, 9.17) is 50.8 Å². The molecule has 4 rings (SSSR count). The number of hydrazone groups is 1. The Labute approximate surface area is 188 Å². The standard InChI is InChI=1S/C20H10Cl4N2O4/c21-9-4-5-11(22)12(6-9)26-25-7-8-2-1-3-10-16(27)13-17(28)14(23)18(29)15(24)20(13)30-19(8)10/h1-7,26,28-29H/b25-7+. The molecule has 0 aliphatic heterocycles. The first-order valence-electron chi connectivity index (χ1n) is 8.32. The van der Waals surface area contributed by atoms with Crippen molar-refractivity contribution >= 4 is 80.2 Å². The van der Waals surface area contributed by atoms with E-state index >= 15 is 0 Å². The molecule has 152 valence electrons. The molecule has 0 radical (unpaired) electrons. The van der Waals surface area contributed by atoms with Gasteiger partial charge in [0.25, 0.3) is 0 Å². The minimum absolute atomic E-state index is 0.153. The van der Waals surface area contributed by atoms with Crippen LogP contribution in [0.5, 0.6) is 11.5 Å². The molecule has 1 aromatic heterocycles. The number of hydrogen-bond acceptors (Lipinski definition) is 6. The first-order chi connectivity index (χ1) is 14.3. The summed E-state index contributed by atoms with van der Waals surface area (Å²) in [5.41, 5.74) is 3.08. The fourth-order valence-corrected chi connectivity index (χ4v) is 3.69. The summed E-state index contributed by atoms with van der Waals surface area (Å²) in [5, 5.41) is 24.4. The van der Waals surface area contributed by atoms with Crippen molar-refractivity contribution < 1.29 is 14.6 Å². The second-order valence-corrected chi connectivity index (χ2v) is 7.78. The van der Waals surface area contributed by atoms with Gasteiger partial charge in [0.2, 0.25) is 5.43 Å². The average Bonchev–Trinajstić information content (AvgIpc) is 2.73. The Balaban J connectivity index is 1.88. The summed E-state index contributed by atoms with van der Waals surface area (Å²) in [6.45, 7) is 0. The van der Waals surface area contributed by atoms with Crippen LogP contribution in [-0.4, -0.2) is 16.4 Å². The van der Waals surface area contributed by atoms with Gasteiger partial charge in [-0.1, -0.05) is 52.5 Å². The highest BCUT2D eigenvalue weighted by atomic mass is 35.5. The molecule has 0 spiro atoms. The summed E-state index contributed by atoms with van der Waals surface area (Å²) in [6, 6.07) is 9.67. The van der Waals surface area contributed by atoms with E-state index in [2.05, 4.69) is 10.5 Å². The maximum atomic E-state index is 12.9. The van der Waals surface area contributed by atoms with Crippen LogP contribution >= 0.6 is 46.4 Å². The zero-order valence-corrected chi connectivity index (χ0v) is 17.7. The Morgan fingerprint density at radius 1 is 0.967 bits per heavy atom.